The number of amides is 2. The molecule has 0 unspecified atom stereocenters. The van der Waals surface area contributed by atoms with E-state index in [1.54, 1.807) is 12.1 Å². The van der Waals surface area contributed by atoms with E-state index in [0.717, 1.165) is 11.1 Å². The van der Waals surface area contributed by atoms with Crippen molar-refractivity contribution in [3.63, 3.8) is 0 Å². The van der Waals surface area contributed by atoms with Crippen molar-refractivity contribution in [3.8, 4) is 5.75 Å². The van der Waals surface area contributed by atoms with Crippen LogP contribution in [0.15, 0.2) is 54.6 Å². The molecule has 0 saturated heterocycles. The second kappa shape index (κ2) is 8.54. The summed E-state index contributed by atoms with van der Waals surface area (Å²) in [6, 6.07) is 14.7. The number of phenolic OH excluding ortho intramolecular Hbond substituents is 1. The van der Waals surface area contributed by atoms with Gasteiger partial charge in [0.1, 0.15) is 12.4 Å². The van der Waals surface area contributed by atoms with E-state index in [4.69, 9.17) is 10.5 Å². The van der Waals surface area contributed by atoms with E-state index in [9.17, 15) is 14.7 Å². The van der Waals surface area contributed by atoms with Crippen molar-refractivity contribution in [2.24, 2.45) is 5.73 Å². The maximum atomic E-state index is 11.8. The molecular weight excluding hydrogens is 310 g/mol. The minimum absolute atomic E-state index is 0.0993. The summed E-state index contributed by atoms with van der Waals surface area (Å²) in [5.74, 6) is -0.403. The normalized spacial score (nSPS) is 11.4. The zero-order chi connectivity index (χ0) is 17.4. The van der Waals surface area contributed by atoms with Gasteiger partial charge in [-0.2, -0.15) is 0 Å². The van der Waals surface area contributed by atoms with Gasteiger partial charge in [0.15, 0.2) is 0 Å². The van der Waals surface area contributed by atoms with Gasteiger partial charge < -0.3 is 15.6 Å². The molecule has 0 spiro atoms. The number of aromatic hydroxyl groups is 1. The first-order valence-corrected chi connectivity index (χ1v) is 7.34. The molecule has 0 aliphatic heterocycles. The van der Waals surface area contributed by atoms with Crippen molar-refractivity contribution >= 4 is 12.0 Å². The second-order valence-corrected chi connectivity index (χ2v) is 5.15. The number of phenols is 1. The molecule has 0 fully saturated rings. The first kappa shape index (κ1) is 17.3. The molecule has 2 rings (SSSR count). The molecule has 126 valence electrons. The molecule has 2 aromatic rings. The van der Waals surface area contributed by atoms with E-state index in [0.29, 0.717) is 0 Å². The minimum atomic E-state index is -0.844. The van der Waals surface area contributed by atoms with E-state index in [-0.39, 0.29) is 18.8 Å². The lowest BCUT2D eigenvalue weighted by atomic mass is 10.1. The molecule has 0 saturated carbocycles. The molecule has 0 radical (unpaired) electrons. The molecule has 5 N–H and O–H groups in total. The summed E-state index contributed by atoms with van der Waals surface area (Å²) in [5.41, 5.74) is 11.8. The lowest BCUT2D eigenvalue weighted by Gasteiger charge is -2.13. The average Bonchev–Trinajstić information content (AvgIpc) is 2.60. The van der Waals surface area contributed by atoms with Crippen LogP contribution in [0.4, 0.5) is 4.79 Å². The quantitative estimate of drug-likeness (QED) is 0.616. The van der Waals surface area contributed by atoms with Crippen LogP contribution in [0.2, 0.25) is 0 Å². The fourth-order valence-corrected chi connectivity index (χ4v) is 1.94. The zero-order valence-corrected chi connectivity index (χ0v) is 12.9. The smallest absolute Gasteiger partial charge is 0.426 e. The van der Waals surface area contributed by atoms with Crippen LogP contribution in [0, 0.1) is 0 Å². The summed E-state index contributed by atoms with van der Waals surface area (Å²) in [6.07, 6.45) is -0.503. The number of carbonyl (C=O) groups excluding carboxylic acids is 2. The predicted octanol–water partition coefficient (Wildman–Crippen LogP) is 1.22. The summed E-state index contributed by atoms with van der Waals surface area (Å²) in [4.78, 5) is 23.4. The summed E-state index contributed by atoms with van der Waals surface area (Å²) < 4.78 is 4.96. The number of nitrogens with one attached hydrogen (secondary N) is 2. The van der Waals surface area contributed by atoms with Gasteiger partial charge in [-0.1, -0.05) is 42.5 Å². The number of carbonyl (C=O) groups is 2. The van der Waals surface area contributed by atoms with E-state index in [2.05, 4.69) is 10.9 Å². The number of ether oxygens (including phenoxy) is 1. The number of hydrogen-bond acceptors (Lipinski definition) is 5. The van der Waals surface area contributed by atoms with Gasteiger partial charge in [-0.25, -0.2) is 10.2 Å². The topological polar surface area (TPSA) is 114 Å². The number of nitrogens with two attached hydrogens (primary N) is 1. The van der Waals surface area contributed by atoms with E-state index < -0.39 is 18.0 Å². The van der Waals surface area contributed by atoms with Gasteiger partial charge in [0.2, 0.25) is 0 Å². The van der Waals surface area contributed by atoms with Crippen LogP contribution in [-0.2, 0) is 22.6 Å². The van der Waals surface area contributed by atoms with Crippen molar-refractivity contribution < 1.29 is 19.4 Å². The summed E-state index contributed by atoms with van der Waals surface area (Å²) in [6.45, 7) is 0.0993. The fraction of sp³-hybridized carbons (Fsp3) is 0.176. The van der Waals surface area contributed by atoms with Gasteiger partial charge in [-0.15, -0.1) is 0 Å². The fourth-order valence-electron chi connectivity index (χ4n) is 1.94. The van der Waals surface area contributed by atoms with Gasteiger partial charge in [0.25, 0.3) is 5.91 Å². The van der Waals surface area contributed by atoms with E-state index in [1.807, 2.05) is 30.3 Å². The molecule has 0 heterocycles. The van der Waals surface area contributed by atoms with Gasteiger partial charge >= 0.3 is 6.09 Å². The van der Waals surface area contributed by atoms with Crippen molar-refractivity contribution in [1.29, 1.82) is 0 Å². The maximum absolute atomic E-state index is 11.8. The number of hydrogen-bond donors (Lipinski definition) is 4. The number of benzene rings is 2. The lowest BCUT2D eigenvalue weighted by Crippen LogP contribution is -2.50. The molecular formula is C17H19N3O4. The highest BCUT2D eigenvalue weighted by Crippen LogP contribution is 2.10. The second-order valence-electron chi connectivity index (χ2n) is 5.15. The number of rotatable bonds is 5. The third-order valence-electron chi connectivity index (χ3n) is 3.23. The summed E-state index contributed by atoms with van der Waals surface area (Å²) >= 11 is 0. The first-order chi connectivity index (χ1) is 11.5. The van der Waals surface area contributed by atoms with Crippen LogP contribution >= 0.6 is 0 Å². The molecule has 1 atom stereocenters. The third-order valence-corrected chi connectivity index (χ3v) is 3.23. The SMILES string of the molecule is N[C@@H](Cc1ccc(O)cc1)C(=O)NNC(=O)OCc1ccccc1. The van der Waals surface area contributed by atoms with Crippen molar-refractivity contribution in [2.45, 2.75) is 19.1 Å². The van der Waals surface area contributed by atoms with Crippen LogP contribution in [0.25, 0.3) is 0 Å². The van der Waals surface area contributed by atoms with E-state index >= 15 is 0 Å². The number of hydrazine groups is 1. The van der Waals surface area contributed by atoms with E-state index in [1.165, 1.54) is 12.1 Å². The van der Waals surface area contributed by atoms with Crippen molar-refractivity contribution in [3.05, 3.63) is 65.7 Å². The Morgan fingerprint density at radius 1 is 1.00 bits per heavy atom. The minimum Gasteiger partial charge on any atom is -0.508 e. The third kappa shape index (κ3) is 5.62. The highest BCUT2D eigenvalue weighted by Gasteiger charge is 2.15. The highest BCUT2D eigenvalue weighted by atomic mass is 16.6. The Balaban J connectivity index is 1.71. The van der Waals surface area contributed by atoms with Gasteiger partial charge in [0, 0.05) is 0 Å². The molecule has 7 nitrogen and oxygen atoms in total. The Kier molecular flexibility index (Phi) is 6.16. The van der Waals surface area contributed by atoms with Crippen LogP contribution in [-0.4, -0.2) is 23.1 Å². The molecule has 0 aliphatic carbocycles. The Hall–Kier alpha value is -3.06. The zero-order valence-electron chi connectivity index (χ0n) is 12.9. The van der Waals surface area contributed by atoms with Gasteiger partial charge in [-0.3, -0.25) is 10.2 Å². The Bertz CT molecular complexity index is 674. The van der Waals surface area contributed by atoms with Crippen LogP contribution in [0.1, 0.15) is 11.1 Å². The lowest BCUT2D eigenvalue weighted by molar-refractivity contribution is -0.123. The standard InChI is InChI=1S/C17H19N3O4/c18-15(10-12-6-8-14(21)9-7-12)16(22)19-20-17(23)24-11-13-4-2-1-3-5-13/h1-9,15,21H,10-11,18H2,(H,19,22)(H,20,23)/t15-/m0/s1. The molecule has 24 heavy (non-hydrogen) atoms. The Morgan fingerprint density at radius 3 is 2.33 bits per heavy atom. The molecule has 7 heteroatoms. The molecule has 0 bridgehead atoms. The average molecular weight is 329 g/mol. The van der Waals surface area contributed by atoms with Crippen LogP contribution in [0.5, 0.6) is 5.75 Å². The maximum Gasteiger partial charge on any atom is 0.426 e. The largest absolute Gasteiger partial charge is 0.508 e. The Morgan fingerprint density at radius 2 is 1.67 bits per heavy atom. The molecule has 0 aliphatic rings. The van der Waals surface area contributed by atoms with Crippen LogP contribution in [0.3, 0.4) is 0 Å². The molecule has 2 amide bonds. The highest BCUT2D eigenvalue weighted by molar-refractivity contribution is 5.83. The van der Waals surface area contributed by atoms with Gasteiger partial charge in [0.05, 0.1) is 6.04 Å². The summed E-state index contributed by atoms with van der Waals surface area (Å²) in [5, 5.41) is 9.21. The van der Waals surface area contributed by atoms with Crippen molar-refractivity contribution in [2.75, 3.05) is 0 Å². The van der Waals surface area contributed by atoms with Crippen LogP contribution < -0.4 is 16.6 Å². The Labute approximate surface area is 139 Å². The molecule has 0 aromatic heterocycles. The molecule has 2 aromatic carbocycles. The first-order valence-electron chi connectivity index (χ1n) is 7.34. The van der Waals surface area contributed by atoms with Crippen molar-refractivity contribution in [1.82, 2.24) is 10.9 Å². The monoisotopic (exact) mass is 329 g/mol. The van der Waals surface area contributed by atoms with Gasteiger partial charge in [-0.05, 0) is 29.7 Å². The summed E-state index contributed by atoms with van der Waals surface area (Å²) in [7, 11) is 0. The predicted molar refractivity (Wildman–Crippen MR) is 87.7 cm³/mol.